The van der Waals surface area contributed by atoms with Crippen molar-refractivity contribution in [2.24, 2.45) is 0 Å². The Bertz CT molecular complexity index is 1870. The fourth-order valence-electron chi connectivity index (χ4n) is 6.53. The average molecular weight is 596 g/mol. The van der Waals surface area contributed by atoms with Crippen LogP contribution in [0.1, 0.15) is 95.5 Å². The SMILES string of the molecule is CCC(C)(C)c1ccc2oc3c(C4=CCC(C)(N(c5ccc(C)cc5)c5ccc(C)cc5)C=C4)cc(C(C)(C)CC)cc3c2c1. The van der Waals surface area contributed by atoms with Gasteiger partial charge in [-0.2, -0.15) is 0 Å². The molecule has 0 N–H and O–H groups in total. The van der Waals surface area contributed by atoms with Crippen LogP contribution < -0.4 is 4.90 Å². The summed E-state index contributed by atoms with van der Waals surface area (Å²) in [6.45, 7) is 20.6. The summed E-state index contributed by atoms with van der Waals surface area (Å²) in [5.41, 5.74) is 11.9. The molecule has 0 saturated heterocycles. The second-order valence-electron chi connectivity index (χ2n) is 14.7. The van der Waals surface area contributed by atoms with Crippen LogP contribution in [0.3, 0.4) is 0 Å². The van der Waals surface area contributed by atoms with Crippen LogP contribution in [-0.4, -0.2) is 5.54 Å². The van der Waals surface area contributed by atoms with Crippen molar-refractivity contribution in [3.63, 3.8) is 0 Å². The minimum Gasteiger partial charge on any atom is -0.455 e. The van der Waals surface area contributed by atoms with E-state index in [-0.39, 0.29) is 16.4 Å². The Labute approximate surface area is 270 Å². The Morgan fingerprint density at radius 3 is 1.80 bits per heavy atom. The van der Waals surface area contributed by atoms with Crippen LogP contribution in [-0.2, 0) is 10.8 Å². The molecule has 1 aromatic heterocycles. The van der Waals surface area contributed by atoms with Crippen molar-refractivity contribution in [3.8, 4) is 0 Å². The first kappa shape index (κ1) is 31.0. The molecule has 1 aliphatic carbocycles. The molecule has 5 aromatic rings. The molecule has 1 atom stereocenters. The summed E-state index contributed by atoms with van der Waals surface area (Å²) >= 11 is 0. The number of benzene rings is 4. The van der Waals surface area contributed by atoms with E-state index in [0.717, 1.165) is 30.4 Å². The van der Waals surface area contributed by atoms with Crippen LogP contribution in [0.15, 0.2) is 102 Å². The molecule has 1 unspecified atom stereocenters. The summed E-state index contributed by atoms with van der Waals surface area (Å²) in [6, 6.07) is 29.4. The number of furan rings is 1. The van der Waals surface area contributed by atoms with Crippen molar-refractivity contribution >= 4 is 38.9 Å². The zero-order chi connectivity index (χ0) is 32.1. The number of nitrogens with zero attached hydrogens (tertiary/aromatic N) is 1. The fourth-order valence-corrected chi connectivity index (χ4v) is 6.53. The van der Waals surface area contributed by atoms with Crippen LogP contribution in [0, 0.1) is 13.8 Å². The average Bonchev–Trinajstić information content (AvgIpc) is 3.41. The van der Waals surface area contributed by atoms with Crippen LogP contribution in [0.25, 0.3) is 27.5 Å². The molecule has 6 rings (SSSR count). The summed E-state index contributed by atoms with van der Waals surface area (Å²) in [5.74, 6) is 0. The fraction of sp³-hybridized carbons (Fsp3) is 0.349. The zero-order valence-corrected chi connectivity index (χ0v) is 28.7. The quantitative estimate of drug-likeness (QED) is 0.177. The van der Waals surface area contributed by atoms with Crippen LogP contribution in [0.4, 0.5) is 11.4 Å². The normalized spacial score (nSPS) is 17.2. The number of fused-ring (bicyclic) bond motifs is 3. The van der Waals surface area contributed by atoms with Crippen LogP contribution in [0.5, 0.6) is 0 Å². The first-order valence-corrected chi connectivity index (χ1v) is 16.7. The standard InChI is InChI=1S/C43H49NO/c1-10-41(5,6)32-16-21-39-37(26-32)38-28-33(42(7,8)11-2)27-36(40(38)45-39)31-22-24-43(9,25-23-31)44(34-17-12-29(3)13-18-34)35-19-14-30(4)15-20-35/h12-24,26-28H,10-11,25H2,1-9H3. The highest BCUT2D eigenvalue weighted by atomic mass is 16.3. The van der Waals surface area contributed by atoms with E-state index in [1.807, 2.05) is 0 Å². The molecule has 232 valence electrons. The molecule has 45 heavy (non-hydrogen) atoms. The van der Waals surface area contributed by atoms with Gasteiger partial charge < -0.3 is 9.32 Å². The number of hydrogen-bond donors (Lipinski definition) is 0. The van der Waals surface area contributed by atoms with Crippen molar-refractivity contribution in [2.45, 2.75) is 97.9 Å². The summed E-state index contributed by atoms with van der Waals surface area (Å²) < 4.78 is 6.71. The maximum absolute atomic E-state index is 6.71. The van der Waals surface area contributed by atoms with Gasteiger partial charge in [-0.05, 0) is 116 Å². The second kappa shape index (κ2) is 11.4. The van der Waals surface area contributed by atoms with E-state index in [1.54, 1.807) is 0 Å². The molecule has 0 spiro atoms. The Balaban J connectivity index is 1.48. The molecular weight excluding hydrogens is 546 g/mol. The maximum Gasteiger partial charge on any atom is 0.143 e. The van der Waals surface area contributed by atoms with Crippen LogP contribution >= 0.6 is 0 Å². The second-order valence-corrected chi connectivity index (χ2v) is 14.7. The Morgan fingerprint density at radius 2 is 1.27 bits per heavy atom. The minimum absolute atomic E-state index is 0.0496. The molecule has 0 saturated carbocycles. The lowest BCUT2D eigenvalue weighted by Gasteiger charge is -2.42. The van der Waals surface area contributed by atoms with Gasteiger partial charge in [-0.3, -0.25) is 0 Å². The van der Waals surface area contributed by atoms with Gasteiger partial charge in [0, 0.05) is 27.7 Å². The third-order valence-corrected chi connectivity index (χ3v) is 10.7. The number of hydrogen-bond acceptors (Lipinski definition) is 2. The molecule has 4 aromatic carbocycles. The third-order valence-electron chi connectivity index (χ3n) is 10.7. The number of rotatable bonds is 8. The Hall–Kier alpha value is -4.04. The topological polar surface area (TPSA) is 16.4 Å². The van der Waals surface area contributed by atoms with Crippen molar-refractivity contribution in [1.82, 2.24) is 0 Å². The van der Waals surface area contributed by atoms with E-state index in [4.69, 9.17) is 4.42 Å². The predicted molar refractivity (Wildman–Crippen MR) is 195 cm³/mol. The maximum atomic E-state index is 6.71. The highest BCUT2D eigenvalue weighted by Crippen LogP contribution is 2.44. The van der Waals surface area contributed by atoms with Gasteiger partial charge in [0.2, 0.25) is 0 Å². The summed E-state index contributed by atoms with van der Waals surface area (Å²) in [6.07, 6.45) is 10.2. The molecular formula is C43H49NO. The van der Waals surface area contributed by atoms with E-state index in [0.29, 0.717) is 0 Å². The van der Waals surface area contributed by atoms with E-state index >= 15 is 0 Å². The van der Waals surface area contributed by atoms with Gasteiger partial charge >= 0.3 is 0 Å². The number of aryl methyl sites for hydroxylation is 2. The lowest BCUT2D eigenvalue weighted by molar-refractivity contribution is 0.506. The Kier molecular flexibility index (Phi) is 7.84. The smallest absolute Gasteiger partial charge is 0.143 e. The first-order chi connectivity index (χ1) is 21.3. The molecule has 0 aliphatic heterocycles. The van der Waals surface area contributed by atoms with E-state index in [2.05, 4.69) is 164 Å². The van der Waals surface area contributed by atoms with Gasteiger partial charge in [0.1, 0.15) is 11.2 Å². The van der Waals surface area contributed by atoms with E-state index in [9.17, 15) is 0 Å². The molecule has 0 bridgehead atoms. The van der Waals surface area contributed by atoms with Crippen LogP contribution in [0.2, 0.25) is 0 Å². The molecule has 0 radical (unpaired) electrons. The highest BCUT2D eigenvalue weighted by Gasteiger charge is 2.33. The summed E-state index contributed by atoms with van der Waals surface area (Å²) in [4.78, 5) is 2.49. The zero-order valence-electron chi connectivity index (χ0n) is 28.7. The van der Waals surface area contributed by atoms with Crippen molar-refractivity contribution in [3.05, 3.63) is 125 Å². The lowest BCUT2D eigenvalue weighted by atomic mass is 9.79. The van der Waals surface area contributed by atoms with E-state index in [1.165, 1.54) is 55.5 Å². The van der Waals surface area contributed by atoms with Gasteiger partial charge in [0.05, 0.1) is 5.54 Å². The lowest BCUT2D eigenvalue weighted by Crippen LogP contribution is -2.42. The first-order valence-electron chi connectivity index (χ1n) is 16.7. The molecule has 2 nitrogen and oxygen atoms in total. The molecule has 1 heterocycles. The van der Waals surface area contributed by atoms with Gasteiger partial charge in [-0.1, -0.05) is 101 Å². The van der Waals surface area contributed by atoms with Gasteiger partial charge in [-0.25, -0.2) is 0 Å². The molecule has 1 aliphatic rings. The predicted octanol–water partition coefficient (Wildman–Crippen LogP) is 12.5. The van der Waals surface area contributed by atoms with Crippen molar-refractivity contribution in [1.29, 1.82) is 0 Å². The Morgan fingerprint density at radius 1 is 0.711 bits per heavy atom. The van der Waals surface area contributed by atoms with Gasteiger partial charge in [0.15, 0.2) is 0 Å². The van der Waals surface area contributed by atoms with Crippen molar-refractivity contribution in [2.75, 3.05) is 4.90 Å². The monoisotopic (exact) mass is 595 g/mol. The van der Waals surface area contributed by atoms with Gasteiger partial charge in [0.25, 0.3) is 0 Å². The third kappa shape index (κ3) is 5.65. The van der Waals surface area contributed by atoms with E-state index < -0.39 is 0 Å². The summed E-state index contributed by atoms with van der Waals surface area (Å²) in [5, 5.41) is 2.44. The molecule has 0 fully saturated rings. The minimum atomic E-state index is -0.234. The molecule has 0 amide bonds. The van der Waals surface area contributed by atoms with Gasteiger partial charge in [-0.15, -0.1) is 0 Å². The largest absolute Gasteiger partial charge is 0.455 e. The molecule has 2 heteroatoms. The number of allylic oxidation sites excluding steroid dienone is 2. The number of anilines is 2. The van der Waals surface area contributed by atoms with Crippen molar-refractivity contribution < 1.29 is 4.42 Å². The summed E-state index contributed by atoms with van der Waals surface area (Å²) in [7, 11) is 0. The highest BCUT2D eigenvalue weighted by molar-refractivity contribution is 6.09.